The van der Waals surface area contributed by atoms with Crippen LogP contribution >= 0.6 is 15.9 Å². The monoisotopic (exact) mass is 348 g/mol. The molecular weight excluding hydrogens is 328 g/mol. The van der Waals surface area contributed by atoms with Crippen molar-refractivity contribution in [3.63, 3.8) is 0 Å². The van der Waals surface area contributed by atoms with Gasteiger partial charge in [0.05, 0.1) is 23.1 Å². The Morgan fingerprint density at radius 2 is 2.24 bits per heavy atom. The van der Waals surface area contributed by atoms with Crippen LogP contribution in [0.5, 0.6) is 0 Å². The molecule has 3 N–H and O–H groups in total. The second kappa shape index (κ2) is 6.20. The highest BCUT2D eigenvalue weighted by molar-refractivity contribution is 9.10. The van der Waals surface area contributed by atoms with Crippen LogP contribution in [0.25, 0.3) is 10.9 Å². The van der Waals surface area contributed by atoms with Gasteiger partial charge in [-0.1, -0.05) is 22.9 Å². The molecule has 3 rings (SSSR count). The molecule has 1 aromatic heterocycles. The SMILES string of the molecule is CCN(CCNc1c(N)cnc2ccc(Br)cc12)C1CC1. The van der Waals surface area contributed by atoms with Crippen molar-refractivity contribution in [1.82, 2.24) is 9.88 Å². The smallest absolute Gasteiger partial charge is 0.0743 e. The van der Waals surface area contributed by atoms with Crippen molar-refractivity contribution in [2.45, 2.75) is 25.8 Å². The highest BCUT2D eigenvalue weighted by atomic mass is 79.9. The number of likely N-dealkylation sites (N-methyl/N-ethyl adjacent to an activating group) is 1. The quantitative estimate of drug-likeness (QED) is 0.839. The van der Waals surface area contributed by atoms with Crippen LogP contribution in [-0.2, 0) is 0 Å². The molecule has 1 fully saturated rings. The fraction of sp³-hybridized carbons (Fsp3) is 0.438. The van der Waals surface area contributed by atoms with Gasteiger partial charge >= 0.3 is 0 Å². The van der Waals surface area contributed by atoms with Crippen molar-refractivity contribution in [1.29, 1.82) is 0 Å². The molecule has 0 aliphatic heterocycles. The topological polar surface area (TPSA) is 54.2 Å². The lowest BCUT2D eigenvalue weighted by Gasteiger charge is -2.21. The first-order chi connectivity index (χ1) is 10.2. The van der Waals surface area contributed by atoms with Gasteiger partial charge < -0.3 is 11.1 Å². The van der Waals surface area contributed by atoms with Crippen molar-refractivity contribution in [2.24, 2.45) is 0 Å². The maximum Gasteiger partial charge on any atom is 0.0743 e. The number of halogens is 1. The zero-order valence-corrected chi connectivity index (χ0v) is 13.9. The molecule has 0 unspecified atom stereocenters. The summed E-state index contributed by atoms with van der Waals surface area (Å²) >= 11 is 3.52. The summed E-state index contributed by atoms with van der Waals surface area (Å²) < 4.78 is 1.04. The molecule has 1 saturated carbocycles. The van der Waals surface area contributed by atoms with Gasteiger partial charge in [-0.2, -0.15) is 0 Å². The number of hydrogen-bond acceptors (Lipinski definition) is 4. The number of aromatic nitrogens is 1. The molecule has 0 saturated heterocycles. The van der Waals surface area contributed by atoms with Gasteiger partial charge in [0.1, 0.15) is 0 Å². The summed E-state index contributed by atoms with van der Waals surface area (Å²) in [5.41, 5.74) is 8.76. The van der Waals surface area contributed by atoms with Gasteiger partial charge in [-0.05, 0) is 37.6 Å². The number of nitrogens with zero attached hydrogens (tertiary/aromatic N) is 2. The molecule has 21 heavy (non-hydrogen) atoms. The molecule has 0 radical (unpaired) electrons. The van der Waals surface area contributed by atoms with Crippen molar-refractivity contribution in [2.75, 3.05) is 30.7 Å². The Balaban J connectivity index is 1.76. The Labute approximate surface area is 133 Å². The number of nitrogens with two attached hydrogens (primary N) is 1. The summed E-state index contributed by atoms with van der Waals surface area (Å²) in [5.74, 6) is 0. The van der Waals surface area contributed by atoms with Crippen LogP contribution in [0.3, 0.4) is 0 Å². The third-order valence-electron chi connectivity index (χ3n) is 4.03. The van der Waals surface area contributed by atoms with Crippen molar-refractivity contribution >= 4 is 38.2 Å². The molecule has 1 aliphatic carbocycles. The van der Waals surface area contributed by atoms with Crippen LogP contribution in [0.15, 0.2) is 28.9 Å². The van der Waals surface area contributed by atoms with E-state index in [1.54, 1.807) is 6.20 Å². The lowest BCUT2D eigenvalue weighted by Crippen LogP contribution is -2.31. The van der Waals surface area contributed by atoms with Gasteiger partial charge in [0.25, 0.3) is 0 Å². The first kappa shape index (κ1) is 14.6. The van der Waals surface area contributed by atoms with Gasteiger partial charge in [-0.15, -0.1) is 0 Å². The molecule has 112 valence electrons. The third kappa shape index (κ3) is 3.30. The number of pyridine rings is 1. The average Bonchev–Trinajstić information content (AvgIpc) is 3.30. The molecule has 1 aromatic carbocycles. The molecule has 5 heteroatoms. The van der Waals surface area contributed by atoms with Crippen LogP contribution in [0.1, 0.15) is 19.8 Å². The second-order valence-corrected chi connectivity index (χ2v) is 6.45. The number of hydrogen-bond donors (Lipinski definition) is 2. The summed E-state index contributed by atoms with van der Waals surface area (Å²) in [7, 11) is 0. The summed E-state index contributed by atoms with van der Waals surface area (Å²) in [5, 5.41) is 4.57. The molecule has 0 bridgehead atoms. The van der Waals surface area contributed by atoms with Gasteiger partial charge in [0.15, 0.2) is 0 Å². The highest BCUT2D eigenvalue weighted by Crippen LogP contribution is 2.30. The molecule has 0 atom stereocenters. The van der Waals surface area contributed by atoms with Gasteiger partial charge in [0, 0.05) is 29.0 Å². The second-order valence-electron chi connectivity index (χ2n) is 5.54. The van der Waals surface area contributed by atoms with E-state index in [0.29, 0.717) is 5.69 Å². The molecule has 4 nitrogen and oxygen atoms in total. The Hall–Kier alpha value is -1.33. The van der Waals surface area contributed by atoms with Gasteiger partial charge in [-0.25, -0.2) is 0 Å². The normalized spacial score (nSPS) is 14.8. The first-order valence-electron chi connectivity index (χ1n) is 7.50. The Bertz CT molecular complexity index is 634. The Kier molecular flexibility index (Phi) is 4.31. The van der Waals surface area contributed by atoms with Gasteiger partial charge in [-0.3, -0.25) is 9.88 Å². The highest BCUT2D eigenvalue weighted by Gasteiger charge is 2.27. The Morgan fingerprint density at radius 1 is 1.43 bits per heavy atom. The third-order valence-corrected chi connectivity index (χ3v) is 4.52. The fourth-order valence-electron chi connectivity index (χ4n) is 2.74. The number of fused-ring (bicyclic) bond motifs is 1. The van der Waals surface area contributed by atoms with Crippen molar-refractivity contribution < 1.29 is 0 Å². The number of nitrogen functional groups attached to an aromatic ring is 1. The molecule has 0 spiro atoms. The number of benzene rings is 1. The van der Waals surface area contributed by atoms with E-state index in [2.05, 4.69) is 44.1 Å². The van der Waals surface area contributed by atoms with E-state index in [1.807, 2.05) is 12.1 Å². The summed E-state index contributed by atoms with van der Waals surface area (Å²) in [6, 6.07) is 6.88. The minimum absolute atomic E-state index is 0.704. The standard InChI is InChI=1S/C16H21BrN4/c1-2-21(12-4-5-12)8-7-19-16-13-9-11(17)3-6-15(13)20-10-14(16)18/h3,6,9-10,12H,2,4-5,7-8,18H2,1H3,(H,19,20). The van der Waals surface area contributed by atoms with Crippen LogP contribution < -0.4 is 11.1 Å². The molecule has 2 aromatic rings. The lowest BCUT2D eigenvalue weighted by molar-refractivity contribution is 0.289. The van der Waals surface area contributed by atoms with Crippen LogP contribution in [0.2, 0.25) is 0 Å². The molecule has 1 heterocycles. The average molecular weight is 349 g/mol. The van der Waals surface area contributed by atoms with Crippen LogP contribution in [0.4, 0.5) is 11.4 Å². The van der Waals surface area contributed by atoms with Crippen LogP contribution in [-0.4, -0.2) is 35.6 Å². The summed E-state index contributed by atoms with van der Waals surface area (Å²) in [6.45, 7) is 5.30. The molecule has 0 amide bonds. The van der Waals surface area contributed by atoms with E-state index in [4.69, 9.17) is 5.73 Å². The van der Waals surface area contributed by atoms with E-state index in [-0.39, 0.29) is 0 Å². The predicted molar refractivity (Wildman–Crippen MR) is 92.6 cm³/mol. The fourth-order valence-corrected chi connectivity index (χ4v) is 3.10. The summed E-state index contributed by atoms with van der Waals surface area (Å²) in [4.78, 5) is 6.91. The van der Waals surface area contributed by atoms with E-state index in [0.717, 1.165) is 46.7 Å². The predicted octanol–water partition coefficient (Wildman–Crippen LogP) is 3.48. The Morgan fingerprint density at radius 3 is 2.95 bits per heavy atom. The van der Waals surface area contributed by atoms with E-state index in [1.165, 1.54) is 12.8 Å². The van der Waals surface area contributed by atoms with E-state index in [9.17, 15) is 0 Å². The minimum Gasteiger partial charge on any atom is -0.396 e. The van der Waals surface area contributed by atoms with Crippen molar-refractivity contribution in [3.05, 3.63) is 28.9 Å². The number of nitrogens with one attached hydrogen (secondary N) is 1. The first-order valence-corrected chi connectivity index (χ1v) is 8.30. The largest absolute Gasteiger partial charge is 0.396 e. The van der Waals surface area contributed by atoms with E-state index >= 15 is 0 Å². The molecule has 1 aliphatic rings. The van der Waals surface area contributed by atoms with Gasteiger partial charge in [0.2, 0.25) is 0 Å². The maximum absolute atomic E-state index is 6.10. The van der Waals surface area contributed by atoms with Crippen LogP contribution in [0, 0.1) is 0 Å². The zero-order chi connectivity index (χ0) is 14.8. The maximum atomic E-state index is 6.10. The number of anilines is 2. The lowest BCUT2D eigenvalue weighted by atomic mass is 10.1. The molecular formula is C16H21BrN4. The minimum atomic E-state index is 0.704. The van der Waals surface area contributed by atoms with Crippen molar-refractivity contribution in [3.8, 4) is 0 Å². The summed E-state index contributed by atoms with van der Waals surface area (Å²) in [6.07, 6.45) is 4.43. The zero-order valence-electron chi connectivity index (χ0n) is 12.3. The number of rotatable bonds is 6. The van der Waals surface area contributed by atoms with E-state index < -0.39 is 0 Å².